The van der Waals surface area contributed by atoms with Crippen molar-refractivity contribution in [1.29, 1.82) is 0 Å². The van der Waals surface area contributed by atoms with Gasteiger partial charge >= 0.3 is 0 Å². The van der Waals surface area contributed by atoms with Crippen molar-refractivity contribution in [3.05, 3.63) is 0 Å². The zero-order valence-corrected chi connectivity index (χ0v) is 14.1. The lowest BCUT2D eigenvalue weighted by Crippen LogP contribution is -2.51. The third-order valence-corrected chi connectivity index (χ3v) is 5.94. The van der Waals surface area contributed by atoms with Crippen LogP contribution in [0.3, 0.4) is 0 Å². The van der Waals surface area contributed by atoms with Crippen molar-refractivity contribution in [3.63, 3.8) is 0 Å². The van der Waals surface area contributed by atoms with Crippen molar-refractivity contribution < 1.29 is 8.42 Å². The normalized spacial score (nSPS) is 21.8. The monoisotopic (exact) mass is 306 g/mol. The summed E-state index contributed by atoms with van der Waals surface area (Å²) in [4.78, 5) is 2.20. The number of hydrogen-bond donors (Lipinski definition) is 1. The van der Waals surface area contributed by atoms with E-state index in [4.69, 9.17) is 0 Å². The Morgan fingerprint density at radius 2 is 2.05 bits per heavy atom. The van der Waals surface area contributed by atoms with Crippen LogP contribution >= 0.6 is 0 Å². The molecule has 0 aliphatic carbocycles. The summed E-state index contributed by atoms with van der Waals surface area (Å²) in [6, 6.07) is 0.0926. The molecular weight excluding hydrogens is 276 g/mol. The Hall–Kier alpha value is -0.210. The van der Waals surface area contributed by atoms with Crippen LogP contribution in [0.25, 0.3) is 0 Å². The highest BCUT2D eigenvalue weighted by Crippen LogP contribution is 2.17. The Morgan fingerprint density at radius 3 is 2.65 bits per heavy atom. The van der Waals surface area contributed by atoms with Crippen molar-refractivity contribution in [3.8, 4) is 0 Å². The van der Waals surface area contributed by atoms with E-state index in [0.717, 1.165) is 45.4 Å². The molecule has 20 heavy (non-hydrogen) atoms. The van der Waals surface area contributed by atoms with E-state index in [1.807, 2.05) is 14.0 Å². The molecular formula is C13H30N4O2S. The van der Waals surface area contributed by atoms with E-state index in [1.165, 1.54) is 4.31 Å². The van der Waals surface area contributed by atoms with Crippen molar-refractivity contribution in [1.82, 2.24) is 18.8 Å². The molecule has 0 bridgehead atoms. The first-order valence-corrected chi connectivity index (χ1v) is 8.87. The lowest BCUT2D eigenvalue weighted by atomic mass is 10.1. The first-order valence-electron chi connectivity index (χ1n) is 7.48. The fourth-order valence-electron chi connectivity index (χ4n) is 2.56. The van der Waals surface area contributed by atoms with E-state index in [2.05, 4.69) is 10.2 Å². The summed E-state index contributed by atoms with van der Waals surface area (Å²) in [6.45, 7) is 6.26. The number of nitrogens with zero attached hydrogens (tertiary/aromatic N) is 3. The van der Waals surface area contributed by atoms with Crippen LogP contribution < -0.4 is 5.32 Å². The van der Waals surface area contributed by atoms with Gasteiger partial charge < -0.3 is 10.2 Å². The van der Waals surface area contributed by atoms with Crippen LogP contribution in [0.2, 0.25) is 0 Å². The molecule has 6 nitrogen and oxygen atoms in total. The Balaban J connectivity index is 2.52. The molecule has 0 aromatic carbocycles. The number of likely N-dealkylation sites (N-methyl/N-ethyl adjacent to an activating group) is 2. The minimum Gasteiger partial charge on any atom is -0.317 e. The zero-order chi connectivity index (χ0) is 15.2. The molecule has 0 radical (unpaired) electrons. The van der Waals surface area contributed by atoms with Crippen LogP contribution in [0.15, 0.2) is 0 Å². The van der Waals surface area contributed by atoms with Gasteiger partial charge in [0.25, 0.3) is 10.2 Å². The standard InChI is InChI=1S/C13H30N4O2S/c1-5-14-9-7-11-16(3)20(18,19)17(4)13-8-6-10-15(2)12-13/h13-14H,5-12H2,1-4H3. The molecule has 1 N–H and O–H groups in total. The van der Waals surface area contributed by atoms with Crippen LogP contribution in [0.1, 0.15) is 26.2 Å². The quantitative estimate of drug-likeness (QED) is 0.651. The maximum atomic E-state index is 12.5. The molecule has 1 unspecified atom stereocenters. The number of hydrogen-bond acceptors (Lipinski definition) is 4. The van der Waals surface area contributed by atoms with Gasteiger partial charge in [0.1, 0.15) is 0 Å². The topological polar surface area (TPSA) is 55.9 Å². The third-order valence-electron chi connectivity index (χ3n) is 3.95. The van der Waals surface area contributed by atoms with E-state index in [-0.39, 0.29) is 6.04 Å². The number of piperidine rings is 1. The van der Waals surface area contributed by atoms with Gasteiger partial charge in [0, 0.05) is 33.2 Å². The molecule has 1 atom stereocenters. The van der Waals surface area contributed by atoms with Crippen LogP contribution in [0.4, 0.5) is 0 Å². The highest BCUT2D eigenvalue weighted by Gasteiger charge is 2.31. The van der Waals surface area contributed by atoms with Crippen molar-refractivity contribution in [2.75, 3.05) is 53.9 Å². The van der Waals surface area contributed by atoms with Crippen LogP contribution in [-0.2, 0) is 10.2 Å². The largest absolute Gasteiger partial charge is 0.317 e. The molecule has 0 saturated carbocycles. The van der Waals surface area contributed by atoms with E-state index in [0.29, 0.717) is 6.54 Å². The van der Waals surface area contributed by atoms with Gasteiger partial charge in [0.05, 0.1) is 0 Å². The molecule has 1 rings (SSSR count). The molecule has 0 spiro atoms. The van der Waals surface area contributed by atoms with Crippen molar-refractivity contribution in [2.24, 2.45) is 0 Å². The van der Waals surface area contributed by atoms with Crippen LogP contribution in [0, 0.1) is 0 Å². The summed E-state index contributed by atoms with van der Waals surface area (Å²) in [5.41, 5.74) is 0. The summed E-state index contributed by atoms with van der Waals surface area (Å²) < 4.78 is 28.0. The van der Waals surface area contributed by atoms with Gasteiger partial charge in [0.2, 0.25) is 0 Å². The van der Waals surface area contributed by atoms with Crippen LogP contribution in [0.5, 0.6) is 0 Å². The molecule has 1 aliphatic heterocycles. The van der Waals surface area contributed by atoms with Gasteiger partial charge in [-0.25, -0.2) is 0 Å². The smallest absolute Gasteiger partial charge is 0.281 e. The molecule has 7 heteroatoms. The summed E-state index contributed by atoms with van der Waals surface area (Å²) in [7, 11) is 2.09. The van der Waals surface area contributed by atoms with Gasteiger partial charge in [-0.2, -0.15) is 17.0 Å². The van der Waals surface area contributed by atoms with Gasteiger partial charge in [-0.15, -0.1) is 0 Å². The van der Waals surface area contributed by atoms with E-state index in [1.54, 1.807) is 18.4 Å². The molecule has 1 saturated heterocycles. The average Bonchev–Trinajstić information content (AvgIpc) is 2.42. The summed E-state index contributed by atoms with van der Waals surface area (Å²) in [6.07, 6.45) is 2.85. The van der Waals surface area contributed by atoms with Gasteiger partial charge in [-0.05, 0) is 45.9 Å². The second-order valence-electron chi connectivity index (χ2n) is 5.61. The number of likely N-dealkylation sites (tertiary alicyclic amines) is 1. The Morgan fingerprint density at radius 1 is 1.35 bits per heavy atom. The molecule has 0 aromatic rings. The SMILES string of the molecule is CCNCCCN(C)S(=O)(=O)N(C)C1CCCN(C)C1. The van der Waals surface area contributed by atoms with Gasteiger partial charge in [-0.3, -0.25) is 0 Å². The zero-order valence-electron chi connectivity index (χ0n) is 13.3. The fourth-order valence-corrected chi connectivity index (χ4v) is 3.91. The maximum absolute atomic E-state index is 12.5. The Labute approximate surface area is 124 Å². The molecule has 1 fully saturated rings. The highest BCUT2D eigenvalue weighted by molar-refractivity contribution is 7.86. The molecule has 0 aromatic heterocycles. The molecule has 1 heterocycles. The lowest BCUT2D eigenvalue weighted by Gasteiger charge is -2.36. The number of rotatable bonds is 8. The summed E-state index contributed by atoms with van der Waals surface area (Å²) in [5, 5.41) is 3.21. The van der Waals surface area contributed by atoms with E-state index < -0.39 is 10.2 Å². The van der Waals surface area contributed by atoms with Crippen molar-refractivity contribution in [2.45, 2.75) is 32.2 Å². The second-order valence-corrected chi connectivity index (χ2v) is 7.71. The average molecular weight is 306 g/mol. The first kappa shape index (κ1) is 17.8. The molecule has 0 amide bonds. The fraction of sp³-hybridized carbons (Fsp3) is 1.00. The van der Waals surface area contributed by atoms with Gasteiger partial charge in [0.15, 0.2) is 0 Å². The number of nitrogens with one attached hydrogen (secondary N) is 1. The Kier molecular flexibility index (Phi) is 7.39. The van der Waals surface area contributed by atoms with Crippen LogP contribution in [-0.4, -0.2) is 81.8 Å². The summed E-state index contributed by atoms with van der Waals surface area (Å²) >= 11 is 0. The molecule has 1 aliphatic rings. The first-order chi connectivity index (χ1) is 9.39. The lowest BCUT2D eigenvalue weighted by molar-refractivity contribution is 0.182. The molecule has 120 valence electrons. The summed E-state index contributed by atoms with van der Waals surface area (Å²) in [5.74, 6) is 0. The van der Waals surface area contributed by atoms with E-state index in [9.17, 15) is 8.42 Å². The predicted molar refractivity (Wildman–Crippen MR) is 83.0 cm³/mol. The Bertz CT molecular complexity index is 375. The van der Waals surface area contributed by atoms with E-state index >= 15 is 0 Å². The minimum absolute atomic E-state index is 0.0926. The third kappa shape index (κ3) is 4.96. The van der Waals surface area contributed by atoms with Gasteiger partial charge in [-0.1, -0.05) is 6.92 Å². The highest BCUT2D eigenvalue weighted by atomic mass is 32.2. The maximum Gasteiger partial charge on any atom is 0.281 e. The second kappa shape index (κ2) is 8.29. The predicted octanol–water partition coefficient (Wildman–Crippen LogP) is 0.189. The minimum atomic E-state index is -3.34. The van der Waals surface area contributed by atoms with Crippen molar-refractivity contribution >= 4 is 10.2 Å².